The number of aromatic hydroxyl groups is 1. The molecule has 0 aromatic heterocycles. The van der Waals surface area contributed by atoms with Gasteiger partial charge in [0, 0.05) is 0 Å². The van der Waals surface area contributed by atoms with Crippen molar-refractivity contribution in [3.05, 3.63) is 65.2 Å². The normalized spacial score (nSPS) is 11.5. The molecule has 4 heteroatoms. The van der Waals surface area contributed by atoms with Crippen molar-refractivity contribution in [3.63, 3.8) is 0 Å². The van der Waals surface area contributed by atoms with E-state index >= 15 is 0 Å². The number of hydrogen-bond donors (Lipinski definition) is 1. The van der Waals surface area contributed by atoms with Gasteiger partial charge < -0.3 is 5.11 Å². The van der Waals surface area contributed by atoms with E-state index in [2.05, 4.69) is 0 Å². The molecule has 0 atom stereocenters. The van der Waals surface area contributed by atoms with Gasteiger partial charge in [-0.1, -0.05) is 30.3 Å². The third-order valence-electron chi connectivity index (χ3n) is 2.96. The maximum Gasteiger partial charge on any atom is 0.416 e. The molecule has 1 N–H and O–H groups in total. The zero-order chi connectivity index (χ0) is 13.9. The van der Waals surface area contributed by atoms with Gasteiger partial charge in [0.15, 0.2) is 0 Å². The molecule has 100 valence electrons. The van der Waals surface area contributed by atoms with Gasteiger partial charge in [0.25, 0.3) is 0 Å². The molecule has 0 aliphatic carbocycles. The number of hydrogen-bond acceptors (Lipinski definition) is 1. The Bertz CT molecular complexity index is 544. The third kappa shape index (κ3) is 3.50. The van der Waals surface area contributed by atoms with Crippen molar-refractivity contribution in [1.29, 1.82) is 0 Å². The number of phenols is 1. The summed E-state index contributed by atoms with van der Waals surface area (Å²) in [6.45, 7) is 0. The molecule has 0 amide bonds. The first-order valence-electron chi connectivity index (χ1n) is 5.90. The van der Waals surface area contributed by atoms with Crippen LogP contribution in [0.2, 0.25) is 0 Å². The SMILES string of the molecule is Oc1ccccc1CCc1ccc(C(F)(F)F)cc1. The van der Waals surface area contributed by atoms with Crippen LogP contribution in [-0.2, 0) is 19.0 Å². The number of halogens is 3. The lowest BCUT2D eigenvalue weighted by Gasteiger charge is -2.08. The number of para-hydroxylation sites is 1. The van der Waals surface area contributed by atoms with Crippen molar-refractivity contribution in [1.82, 2.24) is 0 Å². The molecule has 0 saturated heterocycles. The van der Waals surface area contributed by atoms with Crippen LogP contribution in [0.25, 0.3) is 0 Å². The minimum atomic E-state index is -4.30. The quantitative estimate of drug-likeness (QED) is 0.882. The summed E-state index contributed by atoms with van der Waals surface area (Å²) in [5, 5.41) is 9.59. The highest BCUT2D eigenvalue weighted by Crippen LogP contribution is 2.29. The number of alkyl halides is 3. The van der Waals surface area contributed by atoms with Crippen molar-refractivity contribution < 1.29 is 18.3 Å². The Balaban J connectivity index is 2.03. The molecule has 0 aliphatic heterocycles. The highest BCUT2D eigenvalue weighted by atomic mass is 19.4. The molecule has 0 heterocycles. The Morgan fingerprint density at radius 3 is 2.05 bits per heavy atom. The predicted molar refractivity (Wildman–Crippen MR) is 67.0 cm³/mol. The van der Waals surface area contributed by atoms with E-state index in [1.54, 1.807) is 18.2 Å². The van der Waals surface area contributed by atoms with E-state index in [-0.39, 0.29) is 5.75 Å². The third-order valence-corrected chi connectivity index (χ3v) is 2.96. The van der Waals surface area contributed by atoms with E-state index in [0.29, 0.717) is 12.8 Å². The van der Waals surface area contributed by atoms with Crippen LogP contribution in [0.5, 0.6) is 5.75 Å². The second-order valence-corrected chi connectivity index (χ2v) is 4.32. The van der Waals surface area contributed by atoms with Crippen LogP contribution >= 0.6 is 0 Å². The van der Waals surface area contributed by atoms with E-state index in [1.807, 2.05) is 6.07 Å². The van der Waals surface area contributed by atoms with Gasteiger partial charge in [-0.3, -0.25) is 0 Å². The van der Waals surface area contributed by atoms with Crippen LogP contribution in [0.1, 0.15) is 16.7 Å². The summed E-state index contributed by atoms with van der Waals surface area (Å²) in [5.74, 6) is 0.217. The Hall–Kier alpha value is -1.97. The predicted octanol–water partition coefficient (Wildman–Crippen LogP) is 4.20. The first-order chi connectivity index (χ1) is 8.97. The lowest BCUT2D eigenvalue weighted by atomic mass is 10.0. The van der Waals surface area contributed by atoms with Gasteiger partial charge in [-0.05, 0) is 42.2 Å². The zero-order valence-corrected chi connectivity index (χ0v) is 10.1. The summed E-state index contributed by atoms with van der Waals surface area (Å²) >= 11 is 0. The topological polar surface area (TPSA) is 20.2 Å². The standard InChI is InChI=1S/C15H13F3O/c16-15(17,18)13-9-6-11(7-10-13)5-8-12-3-1-2-4-14(12)19/h1-4,6-7,9-10,19H,5,8H2. The van der Waals surface area contributed by atoms with Gasteiger partial charge in [0.05, 0.1) is 5.56 Å². The number of rotatable bonds is 3. The summed E-state index contributed by atoms with van der Waals surface area (Å²) in [6, 6.07) is 12.1. The molecule has 0 fully saturated rings. The molecule has 2 rings (SSSR count). The van der Waals surface area contributed by atoms with Crippen LogP contribution in [0.4, 0.5) is 13.2 Å². The Kier molecular flexibility index (Phi) is 3.79. The lowest BCUT2D eigenvalue weighted by Crippen LogP contribution is -2.04. The average Bonchev–Trinajstić information content (AvgIpc) is 2.37. The Labute approximate surface area is 109 Å². The molecule has 2 aromatic carbocycles. The Morgan fingerprint density at radius 2 is 1.47 bits per heavy atom. The molecule has 0 saturated carbocycles. The van der Waals surface area contributed by atoms with Crippen LogP contribution < -0.4 is 0 Å². The van der Waals surface area contributed by atoms with Crippen molar-refractivity contribution in [2.45, 2.75) is 19.0 Å². The lowest BCUT2D eigenvalue weighted by molar-refractivity contribution is -0.137. The van der Waals surface area contributed by atoms with Crippen LogP contribution in [0.15, 0.2) is 48.5 Å². The first-order valence-corrected chi connectivity index (χ1v) is 5.90. The second kappa shape index (κ2) is 5.34. The van der Waals surface area contributed by atoms with Gasteiger partial charge in [0.1, 0.15) is 5.75 Å². The van der Waals surface area contributed by atoms with Crippen LogP contribution in [0, 0.1) is 0 Å². The minimum Gasteiger partial charge on any atom is -0.508 e. The minimum absolute atomic E-state index is 0.217. The molecule has 19 heavy (non-hydrogen) atoms. The van der Waals surface area contributed by atoms with Crippen LogP contribution in [0.3, 0.4) is 0 Å². The summed E-state index contributed by atoms with van der Waals surface area (Å²) in [6.07, 6.45) is -3.11. The van der Waals surface area contributed by atoms with Crippen molar-refractivity contribution in [2.24, 2.45) is 0 Å². The summed E-state index contributed by atoms with van der Waals surface area (Å²) in [5.41, 5.74) is 0.970. The van der Waals surface area contributed by atoms with Gasteiger partial charge in [-0.2, -0.15) is 13.2 Å². The first kappa shape index (κ1) is 13.5. The van der Waals surface area contributed by atoms with Crippen molar-refractivity contribution in [3.8, 4) is 5.75 Å². The average molecular weight is 266 g/mol. The van der Waals surface area contributed by atoms with Crippen molar-refractivity contribution in [2.75, 3.05) is 0 Å². The molecule has 0 radical (unpaired) electrons. The van der Waals surface area contributed by atoms with Crippen molar-refractivity contribution >= 4 is 0 Å². The van der Waals surface area contributed by atoms with E-state index in [4.69, 9.17) is 0 Å². The number of aryl methyl sites for hydroxylation is 2. The van der Waals surface area contributed by atoms with E-state index in [1.165, 1.54) is 12.1 Å². The largest absolute Gasteiger partial charge is 0.508 e. The van der Waals surface area contributed by atoms with Gasteiger partial charge >= 0.3 is 6.18 Å². The number of benzene rings is 2. The Morgan fingerprint density at radius 1 is 0.842 bits per heavy atom. The highest BCUT2D eigenvalue weighted by Gasteiger charge is 2.29. The molecule has 2 aromatic rings. The van der Waals surface area contributed by atoms with Gasteiger partial charge in [-0.15, -0.1) is 0 Å². The summed E-state index contributed by atoms with van der Waals surface area (Å²) in [7, 11) is 0. The fraction of sp³-hybridized carbons (Fsp3) is 0.200. The fourth-order valence-electron chi connectivity index (χ4n) is 1.86. The number of phenolic OH excluding ortho intramolecular Hbond substituents is 1. The van der Waals surface area contributed by atoms with Crippen LogP contribution in [-0.4, -0.2) is 5.11 Å². The molecular formula is C15H13F3O. The zero-order valence-electron chi connectivity index (χ0n) is 10.1. The molecular weight excluding hydrogens is 253 g/mol. The monoisotopic (exact) mass is 266 g/mol. The highest BCUT2D eigenvalue weighted by molar-refractivity contribution is 5.33. The summed E-state index contributed by atoms with van der Waals surface area (Å²) < 4.78 is 37.2. The maximum atomic E-state index is 12.4. The molecule has 0 aliphatic rings. The fourth-order valence-corrected chi connectivity index (χ4v) is 1.86. The second-order valence-electron chi connectivity index (χ2n) is 4.32. The maximum absolute atomic E-state index is 12.4. The van der Waals surface area contributed by atoms with E-state index < -0.39 is 11.7 Å². The van der Waals surface area contributed by atoms with E-state index in [0.717, 1.165) is 23.3 Å². The van der Waals surface area contributed by atoms with Gasteiger partial charge in [-0.25, -0.2) is 0 Å². The molecule has 0 bridgehead atoms. The summed E-state index contributed by atoms with van der Waals surface area (Å²) in [4.78, 5) is 0. The molecule has 0 unspecified atom stereocenters. The van der Waals surface area contributed by atoms with Gasteiger partial charge in [0.2, 0.25) is 0 Å². The van der Waals surface area contributed by atoms with E-state index in [9.17, 15) is 18.3 Å². The molecule has 1 nitrogen and oxygen atoms in total. The smallest absolute Gasteiger partial charge is 0.416 e. The molecule has 0 spiro atoms.